The molecule has 0 aliphatic heterocycles. The van der Waals surface area contributed by atoms with Gasteiger partial charge in [-0.15, -0.1) is 0 Å². The molecule has 1 aromatic carbocycles. The minimum Gasteiger partial charge on any atom is -0.379 e. The lowest BCUT2D eigenvalue weighted by molar-refractivity contribution is 0.310. The summed E-state index contributed by atoms with van der Waals surface area (Å²) in [5, 5.41) is 8.15. The van der Waals surface area contributed by atoms with E-state index in [2.05, 4.69) is 24.5 Å². The molecule has 2 aromatic heterocycles. The number of nitrogen functional groups attached to an aromatic ring is 1. The third kappa shape index (κ3) is 1.60. The Hall–Kier alpha value is -2.08. The molecule has 0 spiro atoms. The van der Waals surface area contributed by atoms with Crippen LogP contribution in [0.3, 0.4) is 0 Å². The van der Waals surface area contributed by atoms with Crippen molar-refractivity contribution in [1.29, 1.82) is 0 Å². The Morgan fingerprint density at radius 2 is 2.16 bits per heavy atom. The van der Waals surface area contributed by atoms with Crippen LogP contribution in [-0.4, -0.2) is 19.9 Å². The van der Waals surface area contributed by atoms with Crippen LogP contribution in [0.25, 0.3) is 22.6 Å². The van der Waals surface area contributed by atoms with Crippen LogP contribution in [0.4, 0.5) is 5.82 Å². The average molecular weight is 276 g/mol. The Morgan fingerprint density at radius 3 is 2.84 bits per heavy atom. The van der Waals surface area contributed by atoms with Crippen molar-refractivity contribution < 1.29 is 4.63 Å². The van der Waals surface area contributed by atoms with Gasteiger partial charge in [0, 0.05) is 11.1 Å². The molecule has 4 rings (SSSR count). The highest BCUT2D eigenvalue weighted by atomic mass is 35.5. The second kappa shape index (κ2) is 3.71. The van der Waals surface area contributed by atoms with E-state index >= 15 is 0 Å². The largest absolute Gasteiger partial charge is 0.379 e. The topological polar surface area (TPSA) is 82.8 Å². The standard InChI is InChI=1S/C12H10ClN5O/c13-6-1-4-8-9(5-6)18(7-2-3-7)12(15-8)10-11(14)17-19-16-10/h1,4-5,7H,2-3H2,(H2,14,17). The molecule has 3 aromatic rings. The third-order valence-electron chi connectivity index (χ3n) is 3.29. The predicted octanol–water partition coefficient (Wildman–Crippen LogP) is 2.66. The number of aromatic nitrogens is 4. The summed E-state index contributed by atoms with van der Waals surface area (Å²) >= 11 is 6.07. The molecule has 1 aliphatic rings. The number of hydrogen-bond acceptors (Lipinski definition) is 5. The van der Waals surface area contributed by atoms with E-state index < -0.39 is 0 Å². The van der Waals surface area contributed by atoms with E-state index in [9.17, 15) is 0 Å². The molecule has 1 aliphatic carbocycles. The third-order valence-corrected chi connectivity index (χ3v) is 3.52. The van der Waals surface area contributed by atoms with Crippen molar-refractivity contribution in [2.75, 3.05) is 5.73 Å². The zero-order chi connectivity index (χ0) is 13.0. The maximum absolute atomic E-state index is 6.07. The van der Waals surface area contributed by atoms with E-state index in [1.165, 1.54) is 0 Å². The van der Waals surface area contributed by atoms with Gasteiger partial charge in [-0.25, -0.2) is 9.61 Å². The van der Waals surface area contributed by atoms with Crippen LogP contribution >= 0.6 is 11.6 Å². The van der Waals surface area contributed by atoms with Crippen molar-refractivity contribution in [2.45, 2.75) is 18.9 Å². The van der Waals surface area contributed by atoms with E-state index in [4.69, 9.17) is 17.3 Å². The molecule has 0 saturated heterocycles. The summed E-state index contributed by atoms with van der Waals surface area (Å²) in [5.41, 5.74) is 8.11. The monoisotopic (exact) mass is 275 g/mol. The fourth-order valence-electron chi connectivity index (χ4n) is 2.29. The van der Waals surface area contributed by atoms with E-state index in [1.807, 2.05) is 18.2 Å². The van der Waals surface area contributed by atoms with Gasteiger partial charge in [0.15, 0.2) is 17.3 Å². The van der Waals surface area contributed by atoms with Gasteiger partial charge in [0.25, 0.3) is 0 Å². The van der Waals surface area contributed by atoms with Crippen LogP contribution in [0.1, 0.15) is 18.9 Å². The van der Waals surface area contributed by atoms with Crippen LogP contribution in [0, 0.1) is 0 Å². The van der Waals surface area contributed by atoms with Crippen molar-refractivity contribution in [1.82, 2.24) is 19.9 Å². The molecule has 96 valence electrons. The van der Waals surface area contributed by atoms with Crippen LogP contribution < -0.4 is 5.73 Å². The quantitative estimate of drug-likeness (QED) is 0.777. The molecule has 0 atom stereocenters. The molecule has 2 N–H and O–H groups in total. The van der Waals surface area contributed by atoms with Gasteiger partial charge in [-0.1, -0.05) is 11.6 Å². The van der Waals surface area contributed by atoms with Crippen LogP contribution in [0.15, 0.2) is 22.8 Å². The van der Waals surface area contributed by atoms with Gasteiger partial charge in [-0.05, 0) is 41.4 Å². The number of imidazole rings is 1. The Morgan fingerprint density at radius 1 is 1.32 bits per heavy atom. The Balaban J connectivity index is 2.05. The van der Waals surface area contributed by atoms with Crippen LogP contribution in [-0.2, 0) is 0 Å². The van der Waals surface area contributed by atoms with Gasteiger partial charge in [-0.2, -0.15) is 0 Å². The number of nitrogens with zero attached hydrogens (tertiary/aromatic N) is 4. The summed E-state index contributed by atoms with van der Waals surface area (Å²) in [6.07, 6.45) is 2.24. The highest BCUT2D eigenvalue weighted by Crippen LogP contribution is 2.41. The molecule has 1 fully saturated rings. The van der Waals surface area contributed by atoms with Gasteiger partial charge >= 0.3 is 0 Å². The first-order valence-electron chi connectivity index (χ1n) is 6.00. The summed E-state index contributed by atoms with van der Waals surface area (Å²) in [5.74, 6) is 0.946. The smallest absolute Gasteiger partial charge is 0.199 e. The highest BCUT2D eigenvalue weighted by Gasteiger charge is 2.30. The summed E-state index contributed by atoms with van der Waals surface area (Å²) in [6, 6.07) is 6.05. The average Bonchev–Trinajstić information content (AvgIpc) is 3.03. The van der Waals surface area contributed by atoms with Crippen molar-refractivity contribution in [3.8, 4) is 11.5 Å². The Bertz CT molecular complexity index is 774. The minimum atomic E-state index is 0.253. The lowest BCUT2D eigenvalue weighted by Crippen LogP contribution is -1.99. The van der Waals surface area contributed by atoms with Crippen LogP contribution in [0.2, 0.25) is 5.02 Å². The van der Waals surface area contributed by atoms with Gasteiger partial charge in [-0.3, -0.25) is 0 Å². The predicted molar refractivity (Wildman–Crippen MR) is 70.7 cm³/mol. The number of benzene rings is 1. The SMILES string of the molecule is Nc1nonc1-c1nc2ccc(Cl)cc2n1C1CC1. The zero-order valence-corrected chi connectivity index (χ0v) is 10.6. The molecule has 0 amide bonds. The normalized spacial score (nSPS) is 15.2. The van der Waals surface area contributed by atoms with Gasteiger partial charge in [0.05, 0.1) is 11.0 Å². The number of anilines is 1. The number of hydrogen-bond donors (Lipinski definition) is 1. The molecule has 0 unspecified atom stereocenters. The second-order valence-corrected chi connectivity index (χ2v) is 5.10. The van der Waals surface area contributed by atoms with E-state index in [0.29, 0.717) is 22.6 Å². The van der Waals surface area contributed by atoms with E-state index in [-0.39, 0.29) is 5.82 Å². The lowest BCUT2D eigenvalue weighted by atomic mass is 10.3. The van der Waals surface area contributed by atoms with Crippen molar-refractivity contribution in [3.63, 3.8) is 0 Å². The van der Waals surface area contributed by atoms with Crippen LogP contribution in [0.5, 0.6) is 0 Å². The molecule has 0 bridgehead atoms. The first kappa shape index (κ1) is 10.8. The van der Waals surface area contributed by atoms with E-state index in [1.54, 1.807) is 0 Å². The molecule has 6 nitrogen and oxygen atoms in total. The molecular weight excluding hydrogens is 266 g/mol. The summed E-state index contributed by atoms with van der Waals surface area (Å²) in [7, 11) is 0. The molecular formula is C12H10ClN5O. The highest BCUT2D eigenvalue weighted by molar-refractivity contribution is 6.31. The number of rotatable bonds is 2. The van der Waals surface area contributed by atoms with Crippen molar-refractivity contribution >= 4 is 28.5 Å². The van der Waals surface area contributed by atoms with Crippen molar-refractivity contribution in [3.05, 3.63) is 23.2 Å². The van der Waals surface area contributed by atoms with Gasteiger partial charge in [0.2, 0.25) is 0 Å². The minimum absolute atomic E-state index is 0.253. The van der Waals surface area contributed by atoms with E-state index in [0.717, 1.165) is 23.9 Å². The summed E-state index contributed by atoms with van der Waals surface area (Å²) in [4.78, 5) is 4.58. The number of halogens is 1. The zero-order valence-electron chi connectivity index (χ0n) is 9.88. The van der Waals surface area contributed by atoms with Crippen molar-refractivity contribution in [2.24, 2.45) is 0 Å². The molecule has 19 heavy (non-hydrogen) atoms. The lowest BCUT2D eigenvalue weighted by Gasteiger charge is -2.05. The Labute approximate surface area is 113 Å². The molecule has 0 radical (unpaired) electrons. The second-order valence-electron chi connectivity index (χ2n) is 4.67. The first-order valence-corrected chi connectivity index (χ1v) is 6.38. The fraction of sp³-hybridized carbons (Fsp3) is 0.250. The number of nitrogens with two attached hydrogens (primary N) is 1. The molecule has 7 heteroatoms. The maximum Gasteiger partial charge on any atom is 0.199 e. The summed E-state index contributed by atoms with van der Waals surface area (Å²) < 4.78 is 6.79. The molecule has 2 heterocycles. The maximum atomic E-state index is 6.07. The fourth-order valence-corrected chi connectivity index (χ4v) is 2.45. The first-order chi connectivity index (χ1) is 9.24. The molecule has 1 saturated carbocycles. The van der Waals surface area contributed by atoms with Gasteiger partial charge < -0.3 is 10.3 Å². The summed E-state index contributed by atoms with van der Waals surface area (Å²) in [6.45, 7) is 0. The van der Waals surface area contributed by atoms with Gasteiger partial charge in [0.1, 0.15) is 0 Å². The Kier molecular flexibility index (Phi) is 2.11. The number of fused-ring (bicyclic) bond motifs is 1.